The van der Waals surface area contributed by atoms with Crippen LogP contribution < -0.4 is 5.73 Å². The van der Waals surface area contributed by atoms with E-state index >= 15 is 0 Å². The Balaban J connectivity index is 2.10. The van der Waals surface area contributed by atoms with Crippen molar-refractivity contribution >= 4 is 0 Å². The van der Waals surface area contributed by atoms with Crippen molar-refractivity contribution in [2.24, 2.45) is 5.73 Å². The van der Waals surface area contributed by atoms with E-state index < -0.39 is 0 Å². The molecule has 1 aliphatic carbocycles. The molecule has 4 nitrogen and oxygen atoms in total. The third kappa shape index (κ3) is 1.80. The fraction of sp³-hybridized carbons (Fsp3) is 0.385. The fourth-order valence-electron chi connectivity index (χ4n) is 2.11. The summed E-state index contributed by atoms with van der Waals surface area (Å²) < 4.78 is 15.7. The van der Waals surface area contributed by atoms with E-state index in [0.29, 0.717) is 18.2 Å². The van der Waals surface area contributed by atoms with E-state index in [0.717, 1.165) is 30.1 Å². The molecule has 0 aliphatic heterocycles. The number of nitrogens with two attached hydrogens (primary N) is 1. The number of nitrogens with zero attached hydrogens (tertiary/aromatic N) is 3. The van der Waals surface area contributed by atoms with E-state index in [4.69, 9.17) is 5.73 Å². The van der Waals surface area contributed by atoms with Crippen molar-refractivity contribution in [1.82, 2.24) is 14.8 Å². The first kappa shape index (κ1) is 11.3. The number of benzene rings is 1. The first-order chi connectivity index (χ1) is 8.70. The minimum Gasteiger partial charge on any atom is -0.324 e. The Morgan fingerprint density at radius 1 is 1.39 bits per heavy atom. The fourth-order valence-corrected chi connectivity index (χ4v) is 2.11. The quantitative estimate of drug-likeness (QED) is 0.903. The van der Waals surface area contributed by atoms with Gasteiger partial charge in [0.25, 0.3) is 0 Å². The molecule has 0 unspecified atom stereocenters. The van der Waals surface area contributed by atoms with E-state index in [1.165, 1.54) is 6.07 Å². The minimum absolute atomic E-state index is 0.216. The molecule has 0 bridgehead atoms. The summed E-state index contributed by atoms with van der Waals surface area (Å²) in [5.74, 6) is 1.28. The van der Waals surface area contributed by atoms with Gasteiger partial charge < -0.3 is 10.3 Å². The summed E-state index contributed by atoms with van der Waals surface area (Å²) in [7, 11) is 0. The van der Waals surface area contributed by atoms with Gasteiger partial charge in [-0.15, -0.1) is 10.2 Å². The molecule has 1 saturated carbocycles. The maximum Gasteiger partial charge on any atom is 0.164 e. The molecule has 2 N–H and O–H groups in total. The Labute approximate surface area is 105 Å². The molecule has 0 radical (unpaired) electrons. The van der Waals surface area contributed by atoms with Crippen LogP contribution in [0.1, 0.15) is 30.3 Å². The predicted octanol–water partition coefficient (Wildman–Crippen LogP) is 2.19. The second-order valence-electron chi connectivity index (χ2n) is 4.71. The van der Waals surface area contributed by atoms with Gasteiger partial charge in [0.05, 0.1) is 6.54 Å². The smallest absolute Gasteiger partial charge is 0.164 e. The molecule has 0 atom stereocenters. The van der Waals surface area contributed by atoms with Gasteiger partial charge in [-0.3, -0.25) is 0 Å². The van der Waals surface area contributed by atoms with Crippen LogP contribution in [-0.4, -0.2) is 14.8 Å². The topological polar surface area (TPSA) is 56.7 Å². The van der Waals surface area contributed by atoms with Gasteiger partial charge in [-0.2, -0.15) is 0 Å². The van der Waals surface area contributed by atoms with Crippen LogP contribution in [0.2, 0.25) is 0 Å². The lowest BCUT2D eigenvalue weighted by Gasteiger charge is -2.08. The number of hydrogen-bond acceptors (Lipinski definition) is 3. The van der Waals surface area contributed by atoms with Crippen LogP contribution in [0.5, 0.6) is 0 Å². The SMILES string of the molecule is Cc1ccc(-c2nnc(CN)n2C2CC2)cc1F. The van der Waals surface area contributed by atoms with Gasteiger partial charge in [0.2, 0.25) is 0 Å². The zero-order valence-electron chi connectivity index (χ0n) is 10.2. The molecular weight excluding hydrogens is 231 g/mol. The van der Waals surface area contributed by atoms with Crippen molar-refractivity contribution in [2.45, 2.75) is 32.4 Å². The Hall–Kier alpha value is -1.75. The van der Waals surface area contributed by atoms with Crippen molar-refractivity contribution in [3.8, 4) is 11.4 Å². The van der Waals surface area contributed by atoms with E-state index in [1.54, 1.807) is 13.0 Å². The second kappa shape index (κ2) is 4.17. The summed E-state index contributed by atoms with van der Waals surface area (Å²) in [4.78, 5) is 0. The van der Waals surface area contributed by atoms with Gasteiger partial charge in [-0.1, -0.05) is 12.1 Å². The standard InChI is InChI=1S/C13H15FN4/c1-8-2-3-9(6-11(8)14)13-17-16-12(7-15)18(13)10-4-5-10/h2-3,6,10H,4-5,7,15H2,1H3. The molecule has 5 heteroatoms. The monoisotopic (exact) mass is 246 g/mol. The zero-order valence-corrected chi connectivity index (χ0v) is 10.2. The first-order valence-corrected chi connectivity index (χ1v) is 6.11. The van der Waals surface area contributed by atoms with Crippen molar-refractivity contribution in [3.63, 3.8) is 0 Å². The molecule has 0 amide bonds. The predicted molar refractivity (Wildman–Crippen MR) is 66.3 cm³/mol. The van der Waals surface area contributed by atoms with Crippen LogP contribution in [0.15, 0.2) is 18.2 Å². The summed E-state index contributed by atoms with van der Waals surface area (Å²) in [6, 6.07) is 5.58. The van der Waals surface area contributed by atoms with Gasteiger partial charge in [0.1, 0.15) is 11.6 Å². The van der Waals surface area contributed by atoms with Gasteiger partial charge in [-0.05, 0) is 31.4 Å². The minimum atomic E-state index is -0.216. The van der Waals surface area contributed by atoms with E-state index in [1.807, 2.05) is 10.6 Å². The van der Waals surface area contributed by atoms with Gasteiger partial charge >= 0.3 is 0 Å². The van der Waals surface area contributed by atoms with Crippen molar-refractivity contribution in [1.29, 1.82) is 0 Å². The maximum atomic E-state index is 13.6. The van der Waals surface area contributed by atoms with Crippen molar-refractivity contribution < 1.29 is 4.39 Å². The normalized spacial score (nSPS) is 15.1. The molecule has 2 aromatic rings. The lowest BCUT2D eigenvalue weighted by Crippen LogP contribution is -2.08. The molecule has 0 saturated heterocycles. The van der Waals surface area contributed by atoms with Crippen LogP contribution in [0.25, 0.3) is 11.4 Å². The average molecular weight is 246 g/mol. The molecule has 94 valence electrons. The van der Waals surface area contributed by atoms with Crippen LogP contribution in [0, 0.1) is 12.7 Å². The maximum absolute atomic E-state index is 13.6. The third-order valence-corrected chi connectivity index (χ3v) is 3.29. The molecule has 1 fully saturated rings. The highest BCUT2D eigenvalue weighted by atomic mass is 19.1. The van der Waals surface area contributed by atoms with Gasteiger partial charge in [0.15, 0.2) is 5.82 Å². The summed E-state index contributed by atoms with van der Waals surface area (Å²) in [6.45, 7) is 2.11. The number of aromatic nitrogens is 3. The number of hydrogen-bond donors (Lipinski definition) is 1. The molecule has 18 heavy (non-hydrogen) atoms. The highest BCUT2D eigenvalue weighted by Gasteiger charge is 2.29. The van der Waals surface area contributed by atoms with E-state index in [2.05, 4.69) is 10.2 Å². The first-order valence-electron chi connectivity index (χ1n) is 6.11. The Morgan fingerprint density at radius 2 is 2.17 bits per heavy atom. The largest absolute Gasteiger partial charge is 0.324 e. The Morgan fingerprint density at radius 3 is 2.78 bits per heavy atom. The van der Waals surface area contributed by atoms with Crippen LogP contribution in [0.3, 0.4) is 0 Å². The third-order valence-electron chi connectivity index (χ3n) is 3.29. The molecule has 1 heterocycles. The van der Waals surface area contributed by atoms with E-state index in [9.17, 15) is 4.39 Å². The van der Waals surface area contributed by atoms with E-state index in [-0.39, 0.29) is 5.82 Å². The zero-order chi connectivity index (χ0) is 12.7. The summed E-state index contributed by atoms with van der Waals surface area (Å²) in [5, 5.41) is 8.25. The number of rotatable bonds is 3. The van der Waals surface area contributed by atoms with Crippen molar-refractivity contribution in [2.75, 3.05) is 0 Å². The summed E-state index contributed by atoms with van der Waals surface area (Å²) in [6.07, 6.45) is 2.23. The van der Waals surface area contributed by atoms with Crippen LogP contribution >= 0.6 is 0 Å². The average Bonchev–Trinajstić information content (AvgIpc) is 3.12. The lowest BCUT2D eigenvalue weighted by molar-refractivity contribution is 0.618. The summed E-state index contributed by atoms with van der Waals surface area (Å²) >= 11 is 0. The second-order valence-corrected chi connectivity index (χ2v) is 4.71. The Kier molecular flexibility index (Phi) is 2.63. The number of aryl methyl sites for hydroxylation is 1. The highest BCUT2D eigenvalue weighted by Crippen LogP contribution is 2.38. The molecule has 1 aromatic carbocycles. The van der Waals surface area contributed by atoms with Crippen molar-refractivity contribution in [3.05, 3.63) is 35.4 Å². The number of halogens is 1. The molecule has 1 aromatic heterocycles. The molecule has 1 aliphatic rings. The van der Waals surface area contributed by atoms with Crippen LogP contribution in [0.4, 0.5) is 4.39 Å². The van der Waals surface area contributed by atoms with Gasteiger partial charge in [-0.25, -0.2) is 4.39 Å². The highest BCUT2D eigenvalue weighted by molar-refractivity contribution is 5.56. The Bertz CT molecular complexity index is 587. The van der Waals surface area contributed by atoms with Crippen LogP contribution in [-0.2, 0) is 6.54 Å². The molecule has 3 rings (SSSR count). The lowest BCUT2D eigenvalue weighted by atomic mass is 10.1. The summed E-state index contributed by atoms with van der Waals surface area (Å²) in [5.41, 5.74) is 7.06. The molecular formula is C13H15FN4. The molecule has 0 spiro atoms. The van der Waals surface area contributed by atoms with Gasteiger partial charge in [0, 0.05) is 11.6 Å².